The third-order valence-corrected chi connectivity index (χ3v) is 7.06. The molecule has 1 fully saturated rings. The van der Waals surface area contributed by atoms with E-state index in [2.05, 4.69) is 21.6 Å². The van der Waals surface area contributed by atoms with Crippen molar-refractivity contribution in [3.05, 3.63) is 68.2 Å². The first-order valence-electron chi connectivity index (χ1n) is 9.58. The molecule has 0 atom stereocenters. The van der Waals surface area contributed by atoms with E-state index >= 15 is 0 Å². The van der Waals surface area contributed by atoms with E-state index in [0.29, 0.717) is 0 Å². The predicted octanol–water partition coefficient (Wildman–Crippen LogP) is 2.78. The zero-order chi connectivity index (χ0) is 21.9. The van der Waals surface area contributed by atoms with Gasteiger partial charge in [-0.15, -0.1) is 0 Å². The van der Waals surface area contributed by atoms with Crippen LogP contribution in [0.2, 0.25) is 5.02 Å². The van der Waals surface area contributed by atoms with Gasteiger partial charge in [0.1, 0.15) is 0 Å². The number of hydrogen-bond acceptors (Lipinski definition) is 6. The first kappa shape index (κ1) is 22.6. The Bertz CT molecular complexity index is 1020. The van der Waals surface area contributed by atoms with Gasteiger partial charge in [0.15, 0.2) is 0 Å². The molecule has 1 N–H and O–H groups in total. The first-order valence-corrected chi connectivity index (χ1v) is 11.4. The third-order valence-electron chi connectivity index (χ3n) is 5.29. The summed E-state index contributed by atoms with van der Waals surface area (Å²) in [5.74, 6) is 0. The number of nitro groups is 1. The quantitative estimate of drug-likeness (QED) is 0.512. The highest BCUT2D eigenvalue weighted by atomic mass is 35.5. The number of sulfonamides is 1. The van der Waals surface area contributed by atoms with Crippen molar-refractivity contribution in [1.29, 1.82) is 0 Å². The highest BCUT2D eigenvalue weighted by Gasteiger charge is 2.22. The molecule has 1 saturated heterocycles. The lowest BCUT2D eigenvalue weighted by atomic mass is 10.1. The molecule has 1 heterocycles. The van der Waals surface area contributed by atoms with Crippen molar-refractivity contribution < 1.29 is 13.3 Å². The number of hydrogen-bond donors (Lipinski definition) is 1. The van der Waals surface area contributed by atoms with Crippen LogP contribution in [0.25, 0.3) is 0 Å². The summed E-state index contributed by atoms with van der Waals surface area (Å²) in [6.45, 7) is 6.60. The molecule has 1 aliphatic heterocycles. The van der Waals surface area contributed by atoms with Crippen LogP contribution >= 0.6 is 11.6 Å². The Balaban J connectivity index is 1.64. The highest BCUT2D eigenvalue weighted by Crippen LogP contribution is 2.29. The largest absolute Gasteiger partial charge is 0.304 e. The predicted molar refractivity (Wildman–Crippen MR) is 116 cm³/mol. The molecule has 0 spiro atoms. The minimum Gasteiger partial charge on any atom is -0.304 e. The molecule has 10 heteroatoms. The van der Waals surface area contributed by atoms with Crippen LogP contribution in [0.5, 0.6) is 0 Å². The Morgan fingerprint density at radius 3 is 2.30 bits per heavy atom. The van der Waals surface area contributed by atoms with Gasteiger partial charge in [0, 0.05) is 50.9 Å². The smallest absolute Gasteiger partial charge is 0.275 e. The van der Waals surface area contributed by atoms with Crippen molar-refractivity contribution in [1.82, 2.24) is 14.5 Å². The van der Waals surface area contributed by atoms with Crippen molar-refractivity contribution in [3.63, 3.8) is 0 Å². The van der Waals surface area contributed by atoms with Crippen molar-refractivity contribution in [3.8, 4) is 0 Å². The van der Waals surface area contributed by atoms with Gasteiger partial charge in [0.25, 0.3) is 5.69 Å². The summed E-state index contributed by atoms with van der Waals surface area (Å²) in [5.41, 5.74) is 1.88. The van der Waals surface area contributed by atoms with Crippen LogP contribution in [0.15, 0.2) is 41.3 Å². The van der Waals surface area contributed by atoms with Gasteiger partial charge in [-0.2, -0.15) is 0 Å². The van der Waals surface area contributed by atoms with Crippen LogP contribution in [-0.4, -0.2) is 56.4 Å². The fourth-order valence-electron chi connectivity index (χ4n) is 3.27. The molecule has 0 radical (unpaired) electrons. The summed E-state index contributed by atoms with van der Waals surface area (Å²) >= 11 is 5.99. The second-order valence-electron chi connectivity index (χ2n) is 7.53. The van der Waals surface area contributed by atoms with Crippen molar-refractivity contribution in [2.75, 3.05) is 33.2 Å². The summed E-state index contributed by atoms with van der Waals surface area (Å²) < 4.78 is 27.7. The van der Waals surface area contributed by atoms with Crippen LogP contribution in [0, 0.1) is 17.0 Å². The average molecular weight is 453 g/mol. The van der Waals surface area contributed by atoms with E-state index in [1.54, 1.807) is 0 Å². The van der Waals surface area contributed by atoms with E-state index in [0.717, 1.165) is 44.4 Å². The van der Waals surface area contributed by atoms with Crippen LogP contribution in [0.3, 0.4) is 0 Å². The van der Waals surface area contributed by atoms with Crippen LogP contribution < -0.4 is 4.72 Å². The fraction of sp³-hybridized carbons (Fsp3) is 0.400. The minimum atomic E-state index is -3.94. The Labute approximate surface area is 181 Å². The van der Waals surface area contributed by atoms with Gasteiger partial charge in [0.05, 0.1) is 14.8 Å². The lowest BCUT2D eigenvalue weighted by Crippen LogP contribution is -2.43. The number of benzene rings is 2. The van der Waals surface area contributed by atoms with E-state index in [-0.39, 0.29) is 27.7 Å². The Hall–Kier alpha value is -2.04. The molecule has 8 nitrogen and oxygen atoms in total. The topological polar surface area (TPSA) is 95.8 Å². The van der Waals surface area contributed by atoms with Crippen LogP contribution in [0.1, 0.15) is 16.7 Å². The average Bonchev–Trinajstić information content (AvgIpc) is 2.71. The monoisotopic (exact) mass is 452 g/mol. The number of nitrogens with zero attached hydrogens (tertiary/aromatic N) is 3. The first-order chi connectivity index (χ1) is 14.2. The maximum absolute atomic E-state index is 12.6. The minimum absolute atomic E-state index is 0.0397. The number of halogens is 1. The summed E-state index contributed by atoms with van der Waals surface area (Å²) in [4.78, 5) is 15.0. The molecule has 2 aromatic rings. The SMILES string of the molecule is Cc1c(Cl)cc(S(=O)(=O)NCc2ccc(CN3CCN(C)CC3)cc2)cc1[N+](=O)[O-]. The van der Waals surface area contributed by atoms with Crippen molar-refractivity contribution in [2.24, 2.45) is 0 Å². The molecule has 0 unspecified atom stereocenters. The van der Waals surface area contributed by atoms with Crippen molar-refractivity contribution in [2.45, 2.75) is 24.9 Å². The lowest BCUT2D eigenvalue weighted by molar-refractivity contribution is -0.385. The van der Waals surface area contributed by atoms with Gasteiger partial charge in [-0.3, -0.25) is 15.0 Å². The number of rotatable bonds is 7. The second kappa shape index (κ2) is 9.40. The number of nitrogens with one attached hydrogen (secondary N) is 1. The van der Waals surface area contributed by atoms with Gasteiger partial charge in [-0.25, -0.2) is 13.1 Å². The molecule has 3 rings (SSSR count). The molecule has 0 bridgehead atoms. The summed E-state index contributed by atoms with van der Waals surface area (Å²) in [5, 5.41) is 11.2. The zero-order valence-corrected chi connectivity index (χ0v) is 18.5. The molecule has 162 valence electrons. The number of likely N-dealkylation sites (N-methyl/N-ethyl adjacent to an activating group) is 1. The van der Waals surface area contributed by atoms with E-state index in [9.17, 15) is 18.5 Å². The van der Waals surface area contributed by atoms with Gasteiger partial charge >= 0.3 is 0 Å². The van der Waals surface area contributed by atoms with Gasteiger partial charge in [-0.05, 0) is 31.2 Å². The van der Waals surface area contributed by atoms with E-state index < -0.39 is 14.9 Å². The van der Waals surface area contributed by atoms with E-state index in [4.69, 9.17) is 11.6 Å². The molecule has 2 aromatic carbocycles. The molecule has 30 heavy (non-hydrogen) atoms. The normalized spacial score (nSPS) is 16.0. The summed E-state index contributed by atoms with van der Waals surface area (Å²) in [6.07, 6.45) is 0. The standard InChI is InChI=1S/C20H25ClN4O4S/c1-15-19(21)11-18(12-20(15)25(26)27)30(28,29)22-13-16-3-5-17(6-4-16)14-24-9-7-23(2)8-10-24/h3-6,11-12,22H,7-10,13-14H2,1-2H3. The summed E-state index contributed by atoms with van der Waals surface area (Å²) in [7, 11) is -1.82. The summed E-state index contributed by atoms with van der Waals surface area (Å²) in [6, 6.07) is 10.0. The van der Waals surface area contributed by atoms with Gasteiger partial charge in [0.2, 0.25) is 10.0 Å². The molecular formula is C20H25ClN4O4S. The second-order valence-corrected chi connectivity index (χ2v) is 9.70. The van der Waals surface area contributed by atoms with Crippen LogP contribution in [-0.2, 0) is 23.1 Å². The van der Waals surface area contributed by atoms with E-state index in [1.165, 1.54) is 18.6 Å². The van der Waals surface area contributed by atoms with Crippen LogP contribution in [0.4, 0.5) is 5.69 Å². The molecule has 0 aromatic heterocycles. The Kier molecular flexibility index (Phi) is 7.10. The Morgan fingerprint density at radius 1 is 1.10 bits per heavy atom. The lowest BCUT2D eigenvalue weighted by Gasteiger charge is -2.32. The molecule has 1 aliphatic rings. The van der Waals surface area contributed by atoms with Gasteiger partial charge < -0.3 is 4.90 Å². The highest BCUT2D eigenvalue weighted by molar-refractivity contribution is 7.89. The maximum atomic E-state index is 12.6. The maximum Gasteiger partial charge on any atom is 0.275 e. The Morgan fingerprint density at radius 2 is 1.70 bits per heavy atom. The zero-order valence-electron chi connectivity index (χ0n) is 17.0. The third kappa shape index (κ3) is 5.55. The molecule has 0 saturated carbocycles. The van der Waals surface area contributed by atoms with Gasteiger partial charge in [-0.1, -0.05) is 35.9 Å². The van der Waals surface area contributed by atoms with Crippen molar-refractivity contribution >= 4 is 27.3 Å². The molecule has 0 amide bonds. The molecule has 0 aliphatic carbocycles. The molecular weight excluding hydrogens is 428 g/mol. The van der Waals surface area contributed by atoms with E-state index in [1.807, 2.05) is 24.3 Å². The number of nitro benzene ring substituents is 1. The number of piperazine rings is 1. The fourth-order valence-corrected chi connectivity index (χ4v) is 4.62.